The van der Waals surface area contributed by atoms with Gasteiger partial charge in [-0.05, 0) is 74.5 Å². The molecular formula is C27H29ClF4N2O2S. The predicted octanol–water partition coefficient (Wildman–Crippen LogP) is 6.97. The number of hydrogen-bond donors (Lipinski definition) is 1. The second-order valence-corrected chi connectivity index (χ2v) is 11.0. The third kappa shape index (κ3) is 6.50. The van der Waals surface area contributed by atoms with E-state index in [-0.39, 0.29) is 23.5 Å². The summed E-state index contributed by atoms with van der Waals surface area (Å²) in [5.74, 6) is -2.67. The Bertz CT molecular complexity index is 1220. The van der Waals surface area contributed by atoms with E-state index in [1.165, 1.54) is 18.0 Å². The van der Waals surface area contributed by atoms with Crippen LogP contribution in [0.4, 0.5) is 17.6 Å². The fraction of sp³-hybridized carbons (Fsp3) is 0.444. The fourth-order valence-electron chi connectivity index (χ4n) is 4.84. The van der Waals surface area contributed by atoms with Crippen LogP contribution < -0.4 is 4.74 Å². The number of methoxy groups -OCH3 is 1. The van der Waals surface area contributed by atoms with Gasteiger partial charge in [0, 0.05) is 40.9 Å². The van der Waals surface area contributed by atoms with Gasteiger partial charge in [0.05, 0.1) is 17.6 Å². The van der Waals surface area contributed by atoms with Crippen molar-refractivity contribution in [1.82, 2.24) is 9.88 Å². The first kappa shape index (κ1) is 28.0. The van der Waals surface area contributed by atoms with Crippen molar-refractivity contribution in [2.24, 2.45) is 5.41 Å². The highest BCUT2D eigenvalue weighted by Gasteiger charge is 2.35. The van der Waals surface area contributed by atoms with E-state index in [1.54, 1.807) is 25.3 Å². The second kappa shape index (κ2) is 12.2. The normalized spacial score (nSPS) is 16.7. The summed E-state index contributed by atoms with van der Waals surface area (Å²) in [5.41, 5.74) is 0.642. The molecule has 0 radical (unpaired) electrons. The molecule has 200 valence electrons. The van der Waals surface area contributed by atoms with Crippen molar-refractivity contribution in [2.75, 3.05) is 39.1 Å². The number of halogens is 5. The molecule has 1 N–H and O–H groups in total. The molecule has 0 spiro atoms. The maximum Gasteiger partial charge on any atom is 0.194 e. The summed E-state index contributed by atoms with van der Waals surface area (Å²) in [7, 11) is 1.55. The molecule has 0 bridgehead atoms. The Hall–Kier alpha value is -2.07. The van der Waals surface area contributed by atoms with Crippen LogP contribution in [0.3, 0.4) is 0 Å². The molecule has 1 atom stereocenters. The second-order valence-electron chi connectivity index (χ2n) is 9.46. The third-order valence-corrected chi connectivity index (χ3v) is 8.45. The molecule has 3 aromatic rings. The SMILES string of the molecule is COc1ccc2ncc(Cl)c(C(F)CCC3(CO)CCN(CCSc4cc(F)c(F)c(F)c4)CC3)c2c1. The Labute approximate surface area is 223 Å². The molecule has 1 aliphatic heterocycles. The van der Waals surface area contributed by atoms with Gasteiger partial charge in [0.25, 0.3) is 0 Å². The van der Waals surface area contributed by atoms with E-state index in [9.17, 15) is 18.3 Å². The minimum atomic E-state index is -1.46. The van der Waals surface area contributed by atoms with E-state index in [2.05, 4.69) is 9.88 Å². The number of ether oxygens (including phenoxy) is 1. The molecule has 2 aromatic carbocycles. The minimum absolute atomic E-state index is 0.0326. The number of hydrogen-bond acceptors (Lipinski definition) is 5. The van der Waals surface area contributed by atoms with Gasteiger partial charge in [-0.3, -0.25) is 4.98 Å². The van der Waals surface area contributed by atoms with Crippen LogP contribution in [-0.4, -0.2) is 54.1 Å². The van der Waals surface area contributed by atoms with Crippen molar-refractivity contribution in [3.05, 3.63) is 64.6 Å². The highest BCUT2D eigenvalue weighted by Crippen LogP contribution is 2.42. The van der Waals surface area contributed by atoms with Crippen molar-refractivity contribution >= 4 is 34.3 Å². The summed E-state index contributed by atoms with van der Waals surface area (Å²) in [6.45, 7) is 2.09. The third-order valence-electron chi connectivity index (χ3n) is 7.20. The smallest absolute Gasteiger partial charge is 0.194 e. The van der Waals surface area contributed by atoms with Crippen LogP contribution in [0.25, 0.3) is 10.9 Å². The number of aliphatic hydroxyl groups excluding tert-OH is 1. The van der Waals surface area contributed by atoms with Crippen LogP contribution in [0.15, 0.2) is 41.4 Å². The molecule has 0 aliphatic carbocycles. The van der Waals surface area contributed by atoms with Crippen LogP contribution in [0.5, 0.6) is 5.75 Å². The van der Waals surface area contributed by atoms with Crippen molar-refractivity contribution in [1.29, 1.82) is 0 Å². The lowest BCUT2D eigenvalue weighted by molar-refractivity contribution is 0.0323. The van der Waals surface area contributed by atoms with Crippen LogP contribution in [0.1, 0.15) is 37.4 Å². The Kier molecular flexibility index (Phi) is 9.21. The largest absolute Gasteiger partial charge is 0.497 e. The Morgan fingerprint density at radius 2 is 1.86 bits per heavy atom. The van der Waals surface area contributed by atoms with Crippen molar-refractivity contribution in [3.63, 3.8) is 0 Å². The van der Waals surface area contributed by atoms with Crippen molar-refractivity contribution < 1.29 is 27.4 Å². The van der Waals surface area contributed by atoms with Crippen LogP contribution in [0.2, 0.25) is 5.02 Å². The van der Waals surface area contributed by atoms with E-state index in [1.807, 2.05) is 0 Å². The number of nitrogens with zero attached hydrogens (tertiary/aromatic N) is 2. The van der Waals surface area contributed by atoms with E-state index in [4.69, 9.17) is 16.3 Å². The fourth-order valence-corrected chi connectivity index (χ4v) is 6.06. The average molecular weight is 557 g/mol. The topological polar surface area (TPSA) is 45.6 Å². The number of piperidine rings is 1. The summed E-state index contributed by atoms with van der Waals surface area (Å²) in [4.78, 5) is 6.84. The number of benzene rings is 2. The maximum atomic E-state index is 15.6. The zero-order valence-electron chi connectivity index (χ0n) is 20.5. The number of rotatable bonds is 10. The quantitative estimate of drug-likeness (QED) is 0.166. The highest BCUT2D eigenvalue weighted by atomic mass is 35.5. The summed E-state index contributed by atoms with van der Waals surface area (Å²) in [5, 5.41) is 11.1. The van der Waals surface area contributed by atoms with E-state index < -0.39 is 23.6 Å². The van der Waals surface area contributed by atoms with Crippen LogP contribution >= 0.6 is 23.4 Å². The average Bonchev–Trinajstić information content (AvgIpc) is 2.90. The molecule has 0 saturated carbocycles. The highest BCUT2D eigenvalue weighted by molar-refractivity contribution is 7.99. The molecule has 1 aliphatic rings. The van der Waals surface area contributed by atoms with Gasteiger partial charge in [-0.25, -0.2) is 17.6 Å². The van der Waals surface area contributed by atoms with Gasteiger partial charge < -0.3 is 14.7 Å². The number of fused-ring (bicyclic) bond motifs is 1. The summed E-state index contributed by atoms with van der Waals surface area (Å²) in [6, 6.07) is 7.27. The first-order valence-electron chi connectivity index (χ1n) is 12.1. The standard InChI is InChI=1S/C27H29ClF4N2O2S/c1-36-17-2-3-24-19(12-17)25(20(28)15-33-24)21(29)4-5-27(16-35)6-8-34(9-7-27)10-11-37-18-13-22(30)26(32)23(31)14-18/h2-3,12-15,21,35H,4-11,16H2,1H3. The number of likely N-dealkylation sites (tertiary alicyclic amines) is 1. The monoisotopic (exact) mass is 556 g/mol. The van der Waals surface area contributed by atoms with Gasteiger partial charge in [0.15, 0.2) is 17.5 Å². The Morgan fingerprint density at radius 3 is 2.51 bits per heavy atom. The van der Waals surface area contributed by atoms with Gasteiger partial charge in [-0.15, -0.1) is 11.8 Å². The number of aromatic nitrogens is 1. The molecular weight excluding hydrogens is 528 g/mol. The molecule has 1 unspecified atom stereocenters. The summed E-state index contributed by atoms with van der Waals surface area (Å²) in [6.07, 6.45) is 2.28. The summed E-state index contributed by atoms with van der Waals surface area (Å²) < 4.78 is 60.8. The number of aliphatic hydroxyl groups is 1. The Balaban J connectivity index is 1.32. The lowest BCUT2D eigenvalue weighted by atomic mass is 9.74. The minimum Gasteiger partial charge on any atom is -0.497 e. The van der Waals surface area contributed by atoms with E-state index in [0.29, 0.717) is 58.7 Å². The van der Waals surface area contributed by atoms with Crippen LogP contribution in [-0.2, 0) is 0 Å². The first-order chi connectivity index (χ1) is 17.7. The van der Waals surface area contributed by atoms with Crippen LogP contribution in [0, 0.1) is 22.9 Å². The molecule has 0 amide bonds. The first-order valence-corrected chi connectivity index (χ1v) is 13.5. The molecule has 1 saturated heterocycles. The Morgan fingerprint density at radius 1 is 1.16 bits per heavy atom. The van der Waals surface area contributed by atoms with Crippen molar-refractivity contribution in [3.8, 4) is 5.75 Å². The molecule has 37 heavy (non-hydrogen) atoms. The van der Waals surface area contributed by atoms with Gasteiger partial charge in [0.1, 0.15) is 11.9 Å². The number of alkyl halides is 1. The van der Waals surface area contributed by atoms with Gasteiger partial charge >= 0.3 is 0 Å². The summed E-state index contributed by atoms with van der Waals surface area (Å²) >= 11 is 7.62. The lowest BCUT2D eigenvalue weighted by Gasteiger charge is -2.41. The van der Waals surface area contributed by atoms with E-state index in [0.717, 1.165) is 25.2 Å². The zero-order valence-corrected chi connectivity index (χ0v) is 22.0. The number of thioether (sulfide) groups is 1. The van der Waals surface area contributed by atoms with Gasteiger partial charge in [-0.1, -0.05) is 11.6 Å². The molecule has 10 heteroatoms. The van der Waals surface area contributed by atoms with Crippen molar-refractivity contribution in [2.45, 2.75) is 36.8 Å². The molecule has 4 rings (SSSR count). The molecule has 1 aromatic heterocycles. The molecule has 2 heterocycles. The van der Waals surface area contributed by atoms with Gasteiger partial charge in [0.2, 0.25) is 0 Å². The lowest BCUT2D eigenvalue weighted by Crippen LogP contribution is -2.42. The van der Waals surface area contributed by atoms with E-state index >= 15 is 4.39 Å². The number of pyridine rings is 1. The molecule has 1 fully saturated rings. The predicted molar refractivity (Wildman–Crippen MR) is 139 cm³/mol. The molecule has 4 nitrogen and oxygen atoms in total. The van der Waals surface area contributed by atoms with Gasteiger partial charge in [-0.2, -0.15) is 0 Å². The zero-order chi connectivity index (χ0) is 26.6. The maximum absolute atomic E-state index is 15.6.